The highest BCUT2D eigenvalue weighted by molar-refractivity contribution is 5.92. The molecule has 2 N–H and O–H groups in total. The van der Waals surface area contributed by atoms with Gasteiger partial charge in [0.1, 0.15) is 23.5 Å². The largest absolute Gasteiger partial charge is 0.507 e. The van der Waals surface area contributed by atoms with Crippen LogP contribution >= 0.6 is 0 Å². The van der Waals surface area contributed by atoms with Crippen molar-refractivity contribution in [3.63, 3.8) is 0 Å². The van der Waals surface area contributed by atoms with Crippen LogP contribution in [0, 0.1) is 0 Å². The summed E-state index contributed by atoms with van der Waals surface area (Å²) in [5, 5.41) is 12.2. The van der Waals surface area contributed by atoms with E-state index in [4.69, 9.17) is 18.9 Å². The van der Waals surface area contributed by atoms with Gasteiger partial charge in [0.15, 0.2) is 12.2 Å². The quantitative estimate of drug-likeness (QED) is 0.784. The van der Waals surface area contributed by atoms with Crippen LogP contribution in [0.25, 0.3) is 0 Å². The Morgan fingerprint density at radius 2 is 1.79 bits per heavy atom. The van der Waals surface area contributed by atoms with Gasteiger partial charge in [-0.1, -0.05) is 12.1 Å². The summed E-state index contributed by atoms with van der Waals surface area (Å²) in [6, 6.07) is 6.13. The molecule has 4 atom stereocenters. The van der Waals surface area contributed by atoms with Gasteiger partial charge in [-0.3, -0.25) is 0 Å². The number of esters is 1. The van der Waals surface area contributed by atoms with Gasteiger partial charge in [-0.05, 0) is 19.1 Å². The molecule has 2 aliphatic heterocycles. The highest BCUT2D eigenvalue weighted by Crippen LogP contribution is 2.31. The first-order valence-electron chi connectivity index (χ1n) is 7.76. The lowest BCUT2D eigenvalue weighted by molar-refractivity contribution is -0.0232. The fourth-order valence-corrected chi connectivity index (χ4v) is 2.80. The fraction of sp³-hybridized carbons (Fsp3) is 0.500. The van der Waals surface area contributed by atoms with E-state index in [0.29, 0.717) is 6.54 Å². The third-order valence-electron chi connectivity index (χ3n) is 3.92. The molecule has 0 radical (unpaired) electrons. The van der Waals surface area contributed by atoms with Crippen LogP contribution in [0.15, 0.2) is 24.3 Å². The van der Waals surface area contributed by atoms with Crippen LogP contribution in [0.1, 0.15) is 17.3 Å². The number of phenols is 1. The third-order valence-corrected chi connectivity index (χ3v) is 3.92. The number of hydrogen-bond donors (Lipinski definition) is 2. The van der Waals surface area contributed by atoms with Gasteiger partial charge in [0.05, 0.1) is 13.2 Å². The van der Waals surface area contributed by atoms with Crippen molar-refractivity contribution < 1.29 is 33.6 Å². The van der Waals surface area contributed by atoms with E-state index >= 15 is 0 Å². The maximum Gasteiger partial charge on any atom is 0.407 e. The van der Waals surface area contributed by atoms with Gasteiger partial charge in [0.25, 0.3) is 0 Å². The maximum atomic E-state index is 12.2. The number of alkyl carbamates (subject to hydrolysis) is 1. The second kappa shape index (κ2) is 7.06. The molecule has 0 unspecified atom stereocenters. The number of carbonyl (C=O) groups excluding carboxylic acids is 2. The Kier molecular flexibility index (Phi) is 4.86. The van der Waals surface area contributed by atoms with Crippen LogP contribution in [-0.4, -0.2) is 61.3 Å². The number of nitrogens with one attached hydrogen (secondary N) is 1. The van der Waals surface area contributed by atoms with Gasteiger partial charge in [-0.15, -0.1) is 0 Å². The average Bonchev–Trinajstić information content (AvgIpc) is 3.12. The fourth-order valence-electron chi connectivity index (χ4n) is 2.80. The highest BCUT2D eigenvalue weighted by atomic mass is 16.7. The standard InChI is InChI=1S/C16H19NO7/c1-2-17-16(20)24-12-8-22-13-11(7-21-14(12)13)23-15(19)9-5-3-4-6-10(9)18/h3-6,11-14,18H,2,7-8H2,1H3,(H,17,20)/t11-,12+,13-,14-/m1/s1. The van der Waals surface area contributed by atoms with Gasteiger partial charge in [0, 0.05) is 6.54 Å². The van der Waals surface area contributed by atoms with Crippen molar-refractivity contribution in [1.82, 2.24) is 5.32 Å². The molecule has 2 heterocycles. The van der Waals surface area contributed by atoms with Crippen LogP contribution in [0.4, 0.5) is 4.79 Å². The number of aromatic hydroxyl groups is 1. The molecule has 0 saturated carbocycles. The van der Waals surface area contributed by atoms with E-state index in [0.717, 1.165) is 0 Å². The molecule has 2 aliphatic rings. The second-order valence-corrected chi connectivity index (χ2v) is 5.53. The van der Waals surface area contributed by atoms with E-state index in [1.807, 2.05) is 0 Å². The molecule has 2 saturated heterocycles. The smallest absolute Gasteiger partial charge is 0.407 e. The number of carbonyl (C=O) groups is 2. The number of hydrogen-bond acceptors (Lipinski definition) is 7. The van der Waals surface area contributed by atoms with Crippen molar-refractivity contribution in [3.05, 3.63) is 29.8 Å². The molecule has 0 aliphatic carbocycles. The minimum Gasteiger partial charge on any atom is -0.507 e. The first kappa shape index (κ1) is 16.5. The number of rotatable bonds is 4. The Hall–Kier alpha value is -2.32. The average molecular weight is 337 g/mol. The molecular weight excluding hydrogens is 318 g/mol. The minimum atomic E-state index is -0.654. The van der Waals surface area contributed by atoms with Gasteiger partial charge in [-0.25, -0.2) is 9.59 Å². The van der Waals surface area contributed by atoms with E-state index in [1.54, 1.807) is 19.1 Å². The molecule has 2 fully saturated rings. The zero-order chi connectivity index (χ0) is 17.1. The van der Waals surface area contributed by atoms with E-state index in [1.165, 1.54) is 12.1 Å². The lowest BCUT2D eigenvalue weighted by Gasteiger charge is -2.17. The first-order valence-corrected chi connectivity index (χ1v) is 7.76. The van der Waals surface area contributed by atoms with Crippen LogP contribution in [-0.2, 0) is 18.9 Å². The molecule has 8 heteroatoms. The molecule has 8 nitrogen and oxygen atoms in total. The van der Waals surface area contributed by atoms with Crippen LogP contribution in [0.2, 0.25) is 0 Å². The van der Waals surface area contributed by atoms with E-state index < -0.39 is 36.5 Å². The summed E-state index contributed by atoms with van der Waals surface area (Å²) in [7, 11) is 0. The number of fused-ring (bicyclic) bond motifs is 1. The van der Waals surface area contributed by atoms with E-state index in [-0.39, 0.29) is 24.5 Å². The Labute approximate surface area is 138 Å². The van der Waals surface area contributed by atoms with Crippen LogP contribution in [0.3, 0.4) is 0 Å². The van der Waals surface area contributed by atoms with E-state index in [9.17, 15) is 14.7 Å². The van der Waals surface area contributed by atoms with Gasteiger partial charge in [0.2, 0.25) is 0 Å². The normalized spacial score (nSPS) is 28.2. The number of benzene rings is 1. The Balaban J connectivity index is 1.59. The Morgan fingerprint density at radius 1 is 1.17 bits per heavy atom. The number of phenolic OH excluding ortho intramolecular Hbond substituents is 1. The van der Waals surface area contributed by atoms with Crippen molar-refractivity contribution in [2.75, 3.05) is 19.8 Å². The van der Waals surface area contributed by atoms with Crippen LogP contribution < -0.4 is 5.32 Å². The topological polar surface area (TPSA) is 103 Å². The first-order chi connectivity index (χ1) is 11.6. The summed E-state index contributed by atoms with van der Waals surface area (Å²) in [4.78, 5) is 23.7. The summed E-state index contributed by atoms with van der Waals surface area (Å²) in [5.74, 6) is -0.804. The van der Waals surface area contributed by atoms with Crippen LogP contribution in [0.5, 0.6) is 5.75 Å². The maximum absolute atomic E-state index is 12.2. The van der Waals surface area contributed by atoms with Crippen molar-refractivity contribution in [2.45, 2.75) is 31.3 Å². The Morgan fingerprint density at radius 3 is 2.42 bits per heavy atom. The molecule has 24 heavy (non-hydrogen) atoms. The highest BCUT2D eigenvalue weighted by Gasteiger charge is 2.51. The van der Waals surface area contributed by atoms with Crippen molar-refractivity contribution in [3.8, 4) is 5.75 Å². The van der Waals surface area contributed by atoms with Gasteiger partial charge >= 0.3 is 12.1 Å². The van der Waals surface area contributed by atoms with Gasteiger partial charge < -0.3 is 29.4 Å². The summed E-state index contributed by atoms with van der Waals surface area (Å²) in [6.07, 6.45) is -2.68. The van der Waals surface area contributed by atoms with E-state index in [2.05, 4.69) is 5.32 Å². The molecule has 1 aromatic carbocycles. The Bertz CT molecular complexity index is 620. The number of amides is 1. The summed E-state index contributed by atoms with van der Waals surface area (Å²) in [5.41, 5.74) is 0.0778. The predicted octanol–water partition coefficient (Wildman–Crippen LogP) is 0.830. The molecule has 0 aromatic heterocycles. The molecule has 1 amide bonds. The van der Waals surface area contributed by atoms with Gasteiger partial charge in [-0.2, -0.15) is 0 Å². The van der Waals surface area contributed by atoms with Crippen molar-refractivity contribution >= 4 is 12.1 Å². The van der Waals surface area contributed by atoms with Crippen molar-refractivity contribution in [1.29, 1.82) is 0 Å². The second-order valence-electron chi connectivity index (χ2n) is 5.53. The zero-order valence-electron chi connectivity index (χ0n) is 13.1. The molecule has 0 spiro atoms. The summed E-state index contributed by atoms with van der Waals surface area (Å²) < 4.78 is 21.8. The minimum absolute atomic E-state index is 0.0778. The zero-order valence-corrected chi connectivity index (χ0v) is 13.1. The number of para-hydroxylation sites is 1. The predicted molar refractivity (Wildman–Crippen MR) is 80.7 cm³/mol. The lowest BCUT2D eigenvalue weighted by Crippen LogP contribution is -2.38. The SMILES string of the molecule is CCNC(=O)O[C@H]1CO[C@H]2[C@@H]1OC[C@H]2OC(=O)c1ccccc1O. The molecular formula is C16H19NO7. The van der Waals surface area contributed by atoms with Crippen molar-refractivity contribution in [2.24, 2.45) is 0 Å². The summed E-state index contributed by atoms with van der Waals surface area (Å²) in [6.45, 7) is 2.57. The molecule has 130 valence electrons. The monoisotopic (exact) mass is 337 g/mol. The molecule has 1 aromatic rings. The lowest BCUT2D eigenvalue weighted by atomic mass is 10.1. The molecule has 3 rings (SSSR count). The summed E-state index contributed by atoms with van der Waals surface area (Å²) >= 11 is 0. The third kappa shape index (κ3) is 3.29. The number of ether oxygens (including phenoxy) is 4. The molecule has 0 bridgehead atoms.